The van der Waals surface area contributed by atoms with Gasteiger partial charge in [0.05, 0.1) is 0 Å². The largest absolute Gasteiger partial charge is 0.290 e. The maximum atomic E-state index is 10.4. The topological polar surface area (TPSA) is 46.2 Å². The Morgan fingerprint density at radius 2 is 2.25 bits per heavy atom. The molecule has 1 rings (SSSR count). The Hall–Kier alpha value is -0.350. The normalized spacial score (nSPS) is 21.5. The predicted octanol–water partition coefficient (Wildman–Crippen LogP) is -0.276. The fourth-order valence-corrected chi connectivity index (χ4v) is 0.991. The van der Waals surface area contributed by atoms with Crippen LogP contribution in [0.2, 0.25) is 0 Å². The van der Waals surface area contributed by atoms with Crippen molar-refractivity contribution in [2.75, 3.05) is 6.54 Å². The van der Waals surface area contributed by atoms with Crippen LogP contribution in [0.25, 0.3) is 0 Å². The number of Topliss-reactive ketones (excluding diaryl/α,β-unsaturated/α-hetero) is 1. The molecular formula is C4H5NO2S. The highest BCUT2D eigenvalue weighted by molar-refractivity contribution is 8.13. The SMILES string of the molecule is O=C1CCNSC1=O. The molecule has 0 saturated carbocycles. The van der Waals surface area contributed by atoms with Crippen LogP contribution in [-0.4, -0.2) is 17.4 Å². The highest BCUT2D eigenvalue weighted by atomic mass is 32.2. The summed E-state index contributed by atoms with van der Waals surface area (Å²) in [5.41, 5.74) is 0. The quantitative estimate of drug-likeness (QED) is 0.363. The van der Waals surface area contributed by atoms with Gasteiger partial charge in [-0.3, -0.25) is 14.3 Å². The van der Waals surface area contributed by atoms with Crippen molar-refractivity contribution in [2.45, 2.75) is 6.42 Å². The summed E-state index contributed by atoms with van der Waals surface area (Å²) < 4.78 is 2.71. The van der Waals surface area contributed by atoms with Crippen LogP contribution in [0.15, 0.2) is 0 Å². The van der Waals surface area contributed by atoms with Crippen molar-refractivity contribution < 1.29 is 9.59 Å². The number of hydrogen-bond donors (Lipinski definition) is 1. The first kappa shape index (κ1) is 5.78. The second kappa shape index (κ2) is 2.28. The lowest BCUT2D eigenvalue weighted by Gasteiger charge is -2.05. The molecule has 4 heteroatoms. The molecule has 1 aliphatic rings. The van der Waals surface area contributed by atoms with Gasteiger partial charge in [-0.2, -0.15) is 0 Å². The van der Waals surface area contributed by atoms with Gasteiger partial charge in [-0.15, -0.1) is 0 Å². The Morgan fingerprint density at radius 3 is 2.62 bits per heavy atom. The molecular weight excluding hydrogens is 126 g/mol. The van der Waals surface area contributed by atoms with Crippen molar-refractivity contribution in [3.05, 3.63) is 0 Å². The Labute approximate surface area is 51.0 Å². The average Bonchev–Trinajstić information content (AvgIpc) is 1.77. The summed E-state index contributed by atoms with van der Waals surface area (Å²) in [5.74, 6) is -0.270. The monoisotopic (exact) mass is 131 g/mol. The first-order valence-electron chi connectivity index (χ1n) is 2.27. The molecule has 0 atom stereocenters. The summed E-state index contributed by atoms with van der Waals surface area (Å²) in [5, 5.41) is -0.365. The third-order valence-electron chi connectivity index (χ3n) is 0.847. The Bertz CT molecular complexity index is 118. The first-order chi connectivity index (χ1) is 3.80. The van der Waals surface area contributed by atoms with Gasteiger partial charge in [0.25, 0.3) is 5.12 Å². The number of carbonyl (C=O) groups excluding carboxylic acids is 2. The van der Waals surface area contributed by atoms with Crippen molar-refractivity contribution in [1.29, 1.82) is 0 Å². The van der Waals surface area contributed by atoms with E-state index in [1.807, 2.05) is 0 Å². The molecule has 0 bridgehead atoms. The second-order valence-corrected chi connectivity index (χ2v) is 2.32. The minimum absolute atomic E-state index is 0.270. The Balaban J connectivity index is 2.52. The first-order valence-corrected chi connectivity index (χ1v) is 3.09. The van der Waals surface area contributed by atoms with Crippen LogP contribution in [0.1, 0.15) is 6.42 Å². The summed E-state index contributed by atoms with van der Waals surface area (Å²) in [6.07, 6.45) is 0.353. The molecule has 0 aromatic heterocycles. The molecule has 44 valence electrons. The maximum Gasteiger partial charge on any atom is 0.269 e. The highest BCUT2D eigenvalue weighted by Gasteiger charge is 2.17. The van der Waals surface area contributed by atoms with Gasteiger partial charge < -0.3 is 0 Å². The van der Waals surface area contributed by atoms with E-state index in [2.05, 4.69) is 4.72 Å². The second-order valence-electron chi connectivity index (χ2n) is 1.46. The van der Waals surface area contributed by atoms with Crippen LogP contribution in [-0.2, 0) is 9.59 Å². The molecule has 0 aliphatic carbocycles. The van der Waals surface area contributed by atoms with Gasteiger partial charge in [0.1, 0.15) is 0 Å². The number of rotatable bonds is 0. The highest BCUT2D eigenvalue weighted by Crippen LogP contribution is 2.04. The minimum atomic E-state index is -0.365. The summed E-state index contributed by atoms with van der Waals surface area (Å²) in [6.45, 7) is 0.620. The number of nitrogens with one attached hydrogen (secondary N) is 1. The minimum Gasteiger partial charge on any atom is -0.290 e. The smallest absolute Gasteiger partial charge is 0.269 e. The molecule has 0 amide bonds. The summed E-state index contributed by atoms with van der Waals surface area (Å²) in [7, 11) is 0. The summed E-state index contributed by atoms with van der Waals surface area (Å²) in [4.78, 5) is 20.7. The third-order valence-corrected chi connectivity index (χ3v) is 1.61. The number of carbonyl (C=O) groups is 2. The van der Waals surface area contributed by atoms with E-state index in [0.717, 1.165) is 11.9 Å². The van der Waals surface area contributed by atoms with Crippen molar-refractivity contribution in [3.8, 4) is 0 Å². The molecule has 0 spiro atoms. The summed E-state index contributed by atoms with van der Waals surface area (Å²) in [6, 6.07) is 0. The predicted molar refractivity (Wildman–Crippen MR) is 30.2 cm³/mol. The molecule has 1 N–H and O–H groups in total. The van der Waals surface area contributed by atoms with Crippen LogP contribution in [0.3, 0.4) is 0 Å². The van der Waals surface area contributed by atoms with E-state index in [1.54, 1.807) is 0 Å². The van der Waals surface area contributed by atoms with Gasteiger partial charge in [-0.05, 0) is 0 Å². The molecule has 8 heavy (non-hydrogen) atoms. The zero-order valence-electron chi connectivity index (χ0n) is 4.14. The van der Waals surface area contributed by atoms with Gasteiger partial charge in [0, 0.05) is 24.9 Å². The third kappa shape index (κ3) is 1.08. The van der Waals surface area contributed by atoms with Crippen LogP contribution >= 0.6 is 11.9 Å². The van der Waals surface area contributed by atoms with Gasteiger partial charge >= 0.3 is 0 Å². The molecule has 1 fully saturated rings. The van der Waals surface area contributed by atoms with E-state index in [4.69, 9.17) is 0 Å². The van der Waals surface area contributed by atoms with Gasteiger partial charge in [0.2, 0.25) is 5.78 Å². The molecule has 1 aliphatic heterocycles. The van der Waals surface area contributed by atoms with E-state index in [1.165, 1.54) is 0 Å². The zero-order chi connectivity index (χ0) is 5.98. The number of hydrogen-bond acceptors (Lipinski definition) is 4. The van der Waals surface area contributed by atoms with Crippen LogP contribution in [0.5, 0.6) is 0 Å². The van der Waals surface area contributed by atoms with Gasteiger partial charge in [-0.25, -0.2) is 0 Å². The van der Waals surface area contributed by atoms with Gasteiger partial charge in [0.15, 0.2) is 0 Å². The lowest BCUT2D eigenvalue weighted by atomic mass is 10.3. The van der Waals surface area contributed by atoms with Crippen molar-refractivity contribution >= 4 is 22.8 Å². The number of ketones is 1. The molecule has 1 saturated heterocycles. The van der Waals surface area contributed by atoms with Gasteiger partial charge in [-0.1, -0.05) is 0 Å². The van der Waals surface area contributed by atoms with Crippen molar-refractivity contribution in [1.82, 2.24) is 4.72 Å². The fourth-order valence-electron chi connectivity index (χ4n) is 0.440. The molecule has 0 aromatic rings. The van der Waals surface area contributed by atoms with E-state index < -0.39 is 0 Å². The molecule has 0 radical (unpaired) electrons. The van der Waals surface area contributed by atoms with E-state index in [9.17, 15) is 9.59 Å². The lowest BCUT2D eigenvalue weighted by Crippen LogP contribution is -2.25. The molecule has 0 aromatic carbocycles. The zero-order valence-corrected chi connectivity index (χ0v) is 4.96. The lowest BCUT2D eigenvalue weighted by molar-refractivity contribution is -0.131. The van der Waals surface area contributed by atoms with Crippen molar-refractivity contribution in [3.63, 3.8) is 0 Å². The van der Waals surface area contributed by atoms with E-state index in [0.29, 0.717) is 13.0 Å². The van der Waals surface area contributed by atoms with Crippen LogP contribution < -0.4 is 4.72 Å². The van der Waals surface area contributed by atoms with Crippen LogP contribution in [0.4, 0.5) is 0 Å². The molecule has 0 unspecified atom stereocenters. The Kier molecular flexibility index (Phi) is 1.65. The van der Waals surface area contributed by atoms with E-state index in [-0.39, 0.29) is 10.9 Å². The average molecular weight is 131 g/mol. The molecule has 3 nitrogen and oxygen atoms in total. The standard InChI is InChI=1S/C4H5NO2S/c6-3-1-2-5-8-4(3)7/h5H,1-2H2. The Morgan fingerprint density at radius 1 is 1.50 bits per heavy atom. The molecule has 1 heterocycles. The fraction of sp³-hybridized carbons (Fsp3) is 0.500. The van der Waals surface area contributed by atoms with Crippen molar-refractivity contribution in [2.24, 2.45) is 0 Å². The summed E-state index contributed by atoms with van der Waals surface area (Å²) >= 11 is 0.888. The van der Waals surface area contributed by atoms with E-state index >= 15 is 0 Å². The maximum absolute atomic E-state index is 10.4. The van der Waals surface area contributed by atoms with Crippen LogP contribution in [0, 0.1) is 0 Å².